The number of hydrogen-bond acceptors (Lipinski definition) is 9. The Balaban J connectivity index is 2.88. The van der Waals surface area contributed by atoms with Crippen LogP contribution in [0.1, 0.15) is 45.1 Å². The van der Waals surface area contributed by atoms with Crippen LogP contribution in [-0.4, -0.2) is 90.5 Å². The summed E-state index contributed by atoms with van der Waals surface area (Å²) < 4.78 is 4.56. The lowest BCUT2D eigenvalue weighted by Gasteiger charge is -2.23. The minimum Gasteiger partial charge on any atom is -0.480 e. The number of esters is 1. The number of carboxylic acids is 1. The zero-order valence-corrected chi connectivity index (χ0v) is 25.3. The van der Waals surface area contributed by atoms with Gasteiger partial charge in [0.05, 0.1) is 19.7 Å². The number of carboxylic acid groups (broad SMARTS) is 1. The molecule has 42 heavy (non-hydrogen) atoms. The molecule has 0 aliphatic rings. The van der Waals surface area contributed by atoms with Gasteiger partial charge >= 0.3 is 11.9 Å². The molecule has 0 spiro atoms. The average Bonchev–Trinajstić information content (AvgIpc) is 2.95. The van der Waals surface area contributed by atoms with Crippen molar-refractivity contribution in [3.05, 3.63) is 35.9 Å². The molecular weight excluding hydrogens is 566 g/mol. The van der Waals surface area contributed by atoms with Crippen LogP contribution in [0.4, 0.5) is 0 Å². The van der Waals surface area contributed by atoms with Gasteiger partial charge in [0.15, 0.2) is 0 Å². The van der Waals surface area contributed by atoms with Crippen molar-refractivity contribution in [2.75, 3.05) is 25.7 Å². The number of hydrogen-bond donors (Lipinski definition) is 6. The third-order valence-corrected chi connectivity index (χ3v) is 6.79. The van der Waals surface area contributed by atoms with E-state index in [-0.39, 0.29) is 38.0 Å². The van der Waals surface area contributed by atoms with Gasteiger partial charge in [-0.3, -0.25) is 24.0 Å². The van der Waals surface area contributed by atoms with Crippen LogP contribution < -0.4 is 27.0 Å². The van der Waals surface area contributed by atoms with Crippen LogP contribution in [0.15, 0.2) is 30.3 Å². The maximum atomic E-state index is 13.1. The number of amides is 4. The zero-order chi connectivity index (χ0) is 31.7. The summed E-state index contributed by atoms with van der Waals surface area (Å²) in [6, 6.07) is 4.63. The van der Waals surface area contributed by atoms with Crippen molar-refractivity contribution in [3.63, 3.8) is 0 Å². The normalized spacial score (nSPS) is 13.7. The van der Waals surface area contributed by atoms with Crippen molar-refractivity contribution in [2.24, 2.45) is 11.7 Å². The third kappa shape index (κ3) is 14.3. The van der Waals surface area contributed by atoms with Crippen LogP contribution in [0, 0.1) is 5.92 Å². The second-order valence-corrected chi connectivity index (χ2v) is 11.1. The smallest absolute Gasteiger partial charge is 0.326 e. The Labute approximate surface area is 250 Å². The molecule has 0 aromatic heterocycles. The highest BCUT2D eigenvalue weighted by molar-refractivity contribution is 7.98. The first-order valence-electron chi connectivity index (χ1n) is 13.6. The topological polar surface area (TPSA) is 206 Å². The molecule has 4 atom stereocenters. The lowest BCUT2D eigenvalue weighted by Crippen LogP contribution is -2.55. The Hall–Kier alpha value is -3.65. The second-order valence-electron chi connectivity index (χ2n) is 10.1. The summed E-state index contributed by atoms with van der Waals surface area (Å²) in [6.45, 7) is 3.21. The number of thioether (sulfide) groups is 1. The first-order valence-corrected chi connectivity index (χ1v) is 15.0. The van der Waals surface area contributed by atoms with E-state index in [0.29, 0.717) is 5.75 Å². The number of carbonyl (C=O) groups excluding carboxylic acids is 5. The van der Waals surface area contributed by atoms with Crippen molar-refractivity contribution in [2.45, 2.75) is 70.1 Å². The predicted octanol–water partition coefficient (Wildman–Crippen LogP) is -0.0360. The van der Waals surface area contributed by atoms with Crippen LogP contribution in [-0.2, 0) is 39.9 Å². The number of nitrogens with two attached hydrogens (primary N) is 1. The van der Waals surface area contributed by atoms with Crippen molar-refractivity contribution in [1.82, 2.24) is 21.3 Å². The zero-order valence-electron chi connectivity index (χ0n) is 24.5. The van der Waals surface area contributed by atoms with Gasteiger partial charge in [0.25, 0.3) is 0 Å². The van der Waals surface area contributed by atoms with Crippen molar-refractivity contribution in [1.29, 1.82) is 0 Å². The molecule has 0 heterocycles. The van der Waals surface area contributed by atoms with E-state index in [1.807, 2.05) is 20.1 Å². The molecule has 0 fully saturated rings. The van der Waals surface area contributed by atoms with E-state index in [4.69, 9.17) is 5.73 Å². The molecule has 13 nitrogen and oxygen atoms in total. The monoisotopic (exact) mass is 609 g/mol. The molecule has 7 N–H and O–H groups in total. The molecule has 0 saturated heterocycles. The summed E-state index contributed by atoms with van der Waals surface area (Å²) in [4.78, 5) is 74.3. The van der Waals surface area contributed by atoms with Crippen molar-refractivity contribution in [3.8, 4) is 0 Å². The van der Waals surface area contributed by atoms with E-state index < -0.39 is 66.3 Å². The number of methoxy groups -OCH3 is 1. The van der Waals surface area contributed by atoms with Gasteiger partial charge in [-0.15, -0.1) is 0 Å². The molecule has 14 heteroatoms. The summed E-state index contributed by atoms with van der Waals surface area (Å²) in [5, 5.41) is 19.6. The fourth-order valence-electron chi connectivity index (χ4n) is 3.85. The largest absolute Gasteiger partial charge is 0.480 e. The summed E-state index contributed by atoms with van der Waals surface area (Å²) in [7, 11) is 1.22. The van der Waals surface area contributed by atoms with Crippen LogP contribution in [0.2, 0.25) is 0 Å². The van der Waals surface area contributed by atoms with E-state index in [0.717, 1.165) is 5.56 Å². The maximum absolute atomic E-state index is 13.1. The third-order valence-electron chi connectivity index (χ3n) is 6.15. The van der Waals surface area contributed by atoms with E-state index in [2.05, 4.69) is 26.0 Å². The van der Waals surface area contributed by atoms with E-state index >= 15 is 0 Å². The molecule has 0 unspecified atom stereocenters. The molecular formula is C28H43N5O8S. The molecule has 0 bridgehead atoms. The van der Waals surface area contributed by atoms with E-state index in [9.17, 15) is 33.9 Å². The number of aliphatic carboxylic acids is 1. The van der Waals surface area contributed by atoms with E-state index in [1.165, 1.54) is 18.9 Å². The first-order chi connectivity index (χ1) is 19.9. The molecule has 0 radical (unpaired) electrons. The summed E-state index contributed by atoms with van der Waals surface area (Å²) >= 11 is 1.45. The number of ether oxygens (including phenoxy) is 1. The predicted molar refractivity (Wildman–Crippen MR) is 158 cm³/mol. The molecule has 1 rings (SSSR count). The van der Waals surface area contributed by atoms with Crippen molar-refractivity contribution >= 4 is 47.3 Å². The molecule has 234 valence electrons. The average molecular weight is 610 g/mol. The van der Waals surface area contributed by atoms with Gasteiger partial charge in [-0.1, -0.05) is 44.2 Å². The highest BCUT2D eigenvalue weighted by atomic mass is 32.2. The van der Waals surface area contributed by atoms with Gasteiger partial charge in [-0.2, -0.15) is 11.8 Å². The highest BCUT2D eigenvalue weighted by Crippen LogP contribution is 2.08. The van der Waals surface area contributed by atoms with Gasteiger partial charge in [-0.05, 0) is 42.8 Å². The molecule has 1 aromatic carbocycles. The Morgan fingerprint density at radius 1 is 0.905 bits per heavy atom. The minimum atomic E-state index is -1.17. The Morgan fingerprint density at radius 2 is 1.55 bits per heavy atom. The number of nitrogens with one attached hydrogen (secondary N) is 4. The van der Waals surface area contributed by atoms with Crippen LogP contribution in [0.25, 0.3) is 0 Å². The Bertz CT molecular complexity index is 1060. The molecule has 0 aliphatic heterocycles. The highest BCUT2D eigenvalue weighted by Gasteiger charge is 2.28. The Kier molecular flexibility index (Phi) is 16.9. The standard InChI is InChI=1S/C28H43N5O8S/c1-17(2)14-21(27(38)32-20(28(39)40)12-13-42-4)31-23(34)16-30-26(37)22(15-18-8-6-5-7-9-18)33-25(36)19(29)10-11-24(35)41-3/h5-9,17,19-22H,10-16,29H2,1-4H3,(H,30,37)(H,31,34)(H,32,38)(H,33,36)(H,39,40)/t19-,20-,21-,22-/m0/s1. The number of benzene rings is 1. The summed E-state index contributed by atoms with van der Waals surface area (Å²) in [5.41, 5.74) is 6.64. The lowest BCUT2D eigenvalue weighted by molar-refractivity contribution is -0.142. The minimum absolute atomic E-state index is 0.000951. The number of rotatable bonds is 19. The molecule has 1 aromatic rings. The number of carbonyl (C=O) groups is 6. The first kappa shape index (κ1) is 36.4. The van der Waals surface area contributed by atoms with Crippen LogP contribution in [0.5, 0.6) is 0 Å². The quantitative estimate of drug-likeness (QED) is 0.115. The molecule has 0 saturated carbocycles. The maximum Gasteiger partial charge on any atom is 0.326 e. The van der Waals surface area contributed by atoms with Crippen LogP contribution >= 0.6 is 11.8 Å². The van der Waals surface area contributed by atoms with Gasteiger partial charge in [0.2, 0.25) is 23.6 Å². The Morgan fingerprint density at radius 3 is 2.12 bits per heavy atom. The van der Waals surface area contributed by atoms with Gasteiger partial charge in [0, 0.05) is 12.8 Å². The fraction of sp³-hybridized carbons (Fsp3) is 0.571. The molecule has 4 amide bonds. The van der Waals surface area contributed by atoms with Gasteiger partial charge in [0.1, 0.15) is 18.1 Å². The summed E-state index contributed by atoms with van der Waals surface area (Å²) in [5.74, 6) is -3.77. The van der Waals surface area contributed by atoms with Gasteiger partial charge in [-0.25, -0.2) is 4.79 Å². The molecule has 0 aliphatic carbocycles. The summed E-state index contributed by atoms with van der Waals surface area (Å²) in [6.07, 6.45) is 2.34. The fourth-order valence-corrected chi connectivity index (χ4v) is 4.32. The van der Waals surface area contributed by atoms with Crippen molar-refractivity contribution < 1.29 is 38.6 Å². The lowest BCUT2D eigenvalue weighted by atomic mass is 10.0. The van der Waals surface area contributed by atoms with Gasteiger partial charge < -0.3 is 36.8 Å². The van der Waals surface area contributed by atoms with E-state index in [1.54, 1.807) is 30.3 Å². The second kappa shape index (κ2) is 19.5. The van der Waals surface area contributed by atoms with Crippen LogP contribution in [0.3, 0.4) is 0 Å². The SMILES string of the molecule is COC(=O)CC[C@H](N)C(=O)N[C@@H](Cc1ccccc1)C(=O)NCC(=O)N[C@@H](CC(C)C)C(=O)N[C@@H](CCSC)C(=O)O.